The number of carbonyl (C=O) groups is 1. The molecule has 2 aliphatic rings. The first-order valence-electron chi connectivity index (χ1n) is 7.49. The van der Waals surface area contributed by atoms with Gasteiger partial charge in [-0.05, 0) is 37.8 Å². The van der Waals surface area contributed by atoms with Crippen LogP contribution < -0.4 is 10.6 Å². The summed E-state index contributed by atoms with van der Waals surface area (Å²) in [4.78, 5) is 12.4. The second-order valence-electron chi connectivity index (χ2n) is 5.94. The van der Waals surface area contributed by atoms with Crippen molar-refractivity contribution in [2.75, 3.05) is 19.6 Å². The maximum atomic E-state index is 12.4. The Balaban J connectivity index is 1.55. The molecule has 1 aromatic carbocycles. The van der Waals surface area contributed by atoms with Crippen LogP contribution in [0.5, 0.6) is 0 Å². The Morgan fingerprint density at radius 1 is 1.25 bits per heavy atom. The lowest BCUT2D eigenvalue weighted by molar-refractivity contribution is -0.126. The molecule has 1 aliphatic carbocycles. The maximum absolute atomic E-state index is 12.4. The summed E-state index contributed by atoms with van der Waals surface area (Å²) in [7, 11) is 0. The molecule has 1 fully saturated rings. The lowest BCUT2D eigenvalue weighted by Crippen LogP contribution is -2.36. The van der Waals surface area contributed by atoms with E-state index >= 15 is 0 Å². The minimum Gasteiger partial charge on any atom is -0.352 e. The average Bonchev–Trinajstić information content (AvgIpc) is 3.28. The fourth-order valence-electron chi connectivity index (χ4n) is 2.83. The van der Waals surface area contributed by atoms with Gasteiger partial charge < -0.3 is 10.6 Å². The van der Waals surface area contributed by atoms with E-state index in [0.717, 1.165) is 45.3 Å². The Bertz CT molecular complexity index is 503. The molecule has 1 heterocycles. The van der Waals surface area contributed by atoms with Gasteiger partial charge in [-0.3, -0.25) is 4.79 Å². The van der Waals surface area contributed by atoms with Crippen molar-refractivity contribution in [3.63, 3.8) is 0 Å². The number of hydrogen-bond acceptors (Lipinski definition) is 2. The van der Waals surface area contributed by atoms with E-state index in [1.807, 2.05) is 18.2 Å². The molecule has 0 saturated heterocycles. The predicted octanol–water partition coefficient (Wildman–Crippen LogP) is 2.05. The zero-order valence-corrected chi connectivity index (χ0v) is 11.8. The number of benzene rings is 1. The van der Waals surface area contributed by atoms with E-state index in [-0.39, 0.29) is 11.3 Å². The molecule has 1 amide bonds. The Hall–Kier alpha value is -1.61. The van der Waals surface area contributed by atoms with Crippen LogP contribution in [-0.2, 0) is 11.2 Å². The predicted molar refractivity (Wildman–Crippen MR) is 80.4 cm³/mol. The van der Waals surface area contributed by atoms with Gasteiger partial charge in [0.1, 0.15) is 0 Å². The van der Waals surface area contributed by atoms with Crippen LogP contribution in [0.4, 0.5) is 0 Å². The van der Waals surface area contributed by atoms with Crippen molar-refractivity contribution in [2.45, 2.75) is 25.7 Å². The van der Waals surface area contributed by atoms with Gasteiger partial charge in [-0.25, -0.2) is 0 Å². The van der Waals surface area contributed by atoms with Crippen molar-refractivity contribution < 1.29 is 4.79 Å². The van der Waals surface area contributed by atoms with Crippen molar-refractivity contribution in [1.29, 1.82) is 0 Å². The first kappa shape index (κ1) is 13.4. The van der Waals surface area contributed by atoms with Crippen molar-refractivity contribution in [2.24, 2.45) is 5.41 Å². The number of hydrogen-bond donors (Lipinski definition) is 2. The minimum absolute atomic E-state index is 0.130. The van der Waals surface area contributed by atoms with E-state index in [9.17, 15) is 4.79 Å². The fourth-order valence-corrected chi connectivity index (χ4v) is 2.83. The number of nitrogens with one attached hydrogen (secondary N) is 2. The third kappa shape index (κ3) is 3.10. The molecule has 0 unspecified atom stereocenters. The van der Waals surface area contributed by atoms with Crippen molar-refractivity contribution in [1.82, 2.24) is 10.6 Å². The minimum atomic E-state index is -0.130. The molecule has 3 heteroatoms. The van der Waals surface area contributed by atoms with Crippen LogP contribution in [0.2, 0.25) is 0 Å². The zero-order valence-electron chi connectivity index (χ0n) is 11.8. The molecule has 0 radical (unpaired) electrons. The Morgan fingerprint density at radius 3 is 2.70 bits per heavy atom. The topological polar surface area (TPSA) is 41.1 Å². The highest BCUT2D eigenvalue weighted by Gasteiger charge is 2.49. The third-order valence-corrected chi connectivity index (χ3v) is 4.35. The average molecular weight is 270 g/mol. The summed E-state index contributed by atoms with van der Waals surface area (Å²) < 4.78 is 0. The number of amides is 1. The second kappa shape index (κ2) is 5.80. The van der Waals surface area contributed by atoms with E-state index < -0.39 is 0 Å². The molecule has 1 saturated carbocycles. The molecule has 2 N–H and O–H groups in total. The molecule has 3 rings (SSSR count). The van der Waals surface area contributed by atoms with Gasteiger partial charge in [0.15, 0.2) is 0 Å². The van der Waals surface area contributed by atoms with Crippen LogP contribution >= 0.6 is 0 Å². The summed E-state index contributed by atoms with van der Waals surface area (Å²) in [6.07, 6.45) is 6.16. The highest BCUT2D eigenvalue weighted by Crippen LogP contribution is 2.48. The van der Waals surface area contributed by atoms with Crippen molar-refractivity contribution >= 4 is 5.91 Å². The molecule has 1 aromatic rings. The highest BCUT2D eigenvalue weighted by atomic mass is 16.2. The van der Waals surface area contributed by atoms with Gasteiger partial charge in [0.2, 0.25) is 5.91 Å². The van der Waals surface area contributed by atoms with Gasteiger partial charge in [-0.2, -0.15) is 0 Å². The summed E-state index contributed by atoms with van der Waals surface area (Å²) in [5.41, 5.74) is 2.49. The summed E-state index contributed by atoms with van der Waals surface area (Å²) in [5.74, 6) is 0.237. The first-order chi connectivity index (χ1) is 9.78. The Morgan fingerprint density at radius 2 is 2.05 bits per heavy atom. The normalized spacial score (nSPS) is 20.1. The summed E-state index contributed by atoms with van der Waals surface area (Å²) in [5, 5.41) is 6.43. The van der Waals surface area contributed by atoms with Gasteiger partial charge in [0, 0.05) is 13.1 Å². The summed E-state index contributed by atoms with van der Waals surface area (Å²) in [6.45, 7) is 2.67. The lowest BCUT2D eigenvalue weighted by Gasteiger charge is -2.18. The molecule has 0 spiro atoms. The van der Waals surface area contributed by atoms with Crippen LogP contribution in [0.25, 0.3) is 0 Å². The van der Waals surface area contributed by atoms with Gasteiger partial charge in [0.05, 0.1) is 5.41 Å². The van der Waals surface area contributed by atoms with E-state index in [1.54, 1.807) is 0 Å². The summed E-state index contributed by atoms with van der Waals surface area (Å²) >= 11 is 0. The van der Waals surface area contributed by atoms with Crippen molar-refractivity contribution in [3.8, 4) is 0 Å². The zero-order chi connectivity index (χ0) is 13.8. The highest BCUT2D eigenvalue weighted by molar-refractivity contribution is 5.85. The van der Waals surface area contributed by atoms with Gasteiger partial charge in [-0.15, -0.1) is 0 Å². The molecule has 1 aliphatic heterocycles. The second-order valence-corrected chi connectivity index (χ2v) is 5.94. The Labute approximate surface area is 120 Å². The molecule has 3 nitrogen and oxygen atoms in total. The fraction of sp³-hybridized carbons (Fsp3) is 0.471. The van der Waals surface area contributed by atoms with E-state index in [0.29, 0.717) is 0 Å². The number of carbonyl (C=O) groups excluding carboxylic acids is 1. The standard InChI is InChI=1S/C17H22N2O/c20-16(19-13-15-6-10-18-11-7-15)17(8-9-17)12-14-4-2-1-3-5-14/h1-6,18H,7-13H2,(H,19,20). The molecular formula is C17H22N2O. The Kier molecular flexibility index (Phi) is 3.88. The molecule has 20 heavy (non-hydrogen) atoms. The lowest BCUT2D eigenvalue weighted by atomic mass is 9.95. The van der Waals surface area contributed by atoms with Gasteiger partial charge in [-0.1, -0.05) is 42.0 Å². The van der Waals surface area contributed by atoms with E-state index in [4.69, 9.17) is 0 Å². The van der Waals surface area contributed by atoms with Crippen LogP contribution in [0.3, 0.4) is 0 Å². The van der Waals surface area contributed by atoms with Gasteiger partial charge >= 0.3 is 0 Å². The van der Waals surface area contributed by atoms with E-state index in [1.165, 1.54) is 11.1 Å². The van der Waals surface area contributed by atoms with E-state index in [2.05, 4.69) is 28.8 Å². The van der Waals surface area contributed by atoms with Crippen LogP contribution in [0.15, 0.2) is 42.0 Å². The smallest absolute Gasteiger partial charge is 0.226 e. The molecular weight excluding hydrogens is 248 g/mol. The van der Waals surface area contributed by atoms with Crippen LogP contribution in [-0.4, -0.2) is 25.5 Å². The molecule has 0 atom stereocenters. The molecule has 0 bridgehead atoms. The SMILES string of the molecule is O=C(NCC1=CCNCC1)C1(Cc2ccccc2)CC1. The van der Waals surface area contributed by atoms with Crippen LogP contribution in [0, 0.1) is 5.41 Å². The van der Waals surface area contributed by atoms with Crippen molar-refractivity contribution in [3.05, 3.63) is 47.5 Å². The maximum Gasteiger partial charge on any atom is 0.226 e. The quantitative estimate of drug-likeness (QED) is 0.804. The summed E-state index contributed by atoms with van der Waals surface area (Å²) in [6, 6.07) is 10.3. The first-order valence-corrected chi connectivity index (χ1v) is 7.49. The largest absolute Gasteiger partial charge is 0.352 e. The molecule has 106 valence electrons. The number of rotatable bonds is 5. The third-order valence-electron chi connectivity index (χ3n) is 4.35. The van der Waals surface area contributed by atoms with Crippen LogP contribution in [0.1, 0.15) is 24.8 Å². The van der Waals surface area contributed by atoms with Gasteiger partial charge in [0.25, 0.3) is 0 Å². The molecule has 0 aromatic heterocycles. The monoisotopic (exact) mass is 270 g/mol.